The molecule has 0 amide bonds. The molecule has 2 rings (SSSR count). The first kappa shape index (κ1) is 19.1. The Labute approximate surface area is 149 Å². The molecule has 0 fully saturated rings. The highest BCUT2D eigenvalue weighted by atomic mass is 32.2. The van der Waals surface area contributed by atoms with Crippen molar-refractivity contribution in [3.8, 4) is 0 Å². The van der Waals surface area contributed by atoms with Crippen LogP contribution < -0.4 is 4.72 Å². The number of nitrogens with one attached hydrogen (secondary N) is 1. The van der Waals surface area contributed by atoms with Gasteiger partial charge in [-0.3, -0.25) is 0 Å². The zero-order valence-corrected chi connectivity index (χ0v) is 15.7. The van der Waals surface area contributed by atoms with Crippen LogP contribution >= 0.6 is 0 Å². The molecule has 0 heterocycles. The minimum atomic E-state index is -3.76. The maximum absolute atomic E-state index is 12.7. The smallest absolute Gasteiger partial charge is 0.338 e. The van der Waals surface area contributed by atoms with Gasteiger partial charge in [-0.25, -0.2) is 17.9 Å². The minimum absolute atomic E-state index is 0.0375. The van der Waals surface area contributed by atoms with Crippen LogP contribution in [0, 0.1) is 6.92 Å². The molecule has 1 atom stereocenters. The average molecular weight is 361 g/mol. The molecule has 134 valence electrons. The van der Waals surface area contributed by atoms with E-state index < -0.39 is 22.0 Å². The third kappa shape index (κ3) is 4.46. The summed E-state index contributed by atoms with van der Waals surface area (Å²) in [6, 6.07) is 11.8. The third-order valence-corrected chi connectivity index (χ3v) is 5.68. The zero-order chi connectivity index (χ0) is 18.6. The molecule has 0 aliphatic heterocycles. The fraction of sp³-hybridized carbons (Fsp3) is 0.316. The number of sulfonamides is 1. The first-order valence-corrected chi connectivity index (χ1v) is 9.57. The summed E-state index contributed by atoms with van der Waals surface area (Å²) in [7, 11) is -2.50. The molecule has 0 bridgehead atoms. The Balaban J connectivity index is 2.27. The van der Waals surface area contributed by atoms with E-state index in [4.69, 9.17) is 4.74 Å². The van der Waals surface area contributed by atoms with Gasteiger partial charge in [0.2, 0.25) is 10.0 Å². The van der Waals surface area contributed by atoms with Crippen LogP contribution in [0.3, 0.4) is 0 Å². The molecule has 0 saturated carbocycles. The Kier molecular flexibility index (Phi) is 5.98. The SMILES string of the molecule is CCc1ccc([C@H](C)NS(=O)(=O)c2ccc(C)c(C(=O)OC)c2)cc1. The summed E-state index contributed by atoms with van der Waals surface area (Å²) >= 11 is 0. The zero-order valence-electron chi connectivity index (χ0n) is 14.9. The predicted molar refractivity (Wildman–Crippen MR) is 97.1 cm³/mol. The van der Waals surface area contributed by atoms with Crippen molar-refractivity contribution in [2.75, 3.05) is 7.11 Å². The summed E-state index contributed by atoms with van der Waals surface area (Å²) in [6.07, 6.45) is 0.931. The van der Waals surface area contributed by atoms with Gasteiger partial charge in [0.05, 0.1) is 17.6 Å². The number of carbonyl (C=O) groups excluding carboxylic acids is 1. The summed E-state index contributed by atoms with van der Waals surface area (Å²) in [5.74, 6) is -0.558. The number of methoxy groups -OCH3 is 1. The monoisotopic (exact) mass is 361 g/mol. The summed E-state index contributed by atoms with van der Waals surface area (Å²) in [4.78, 5) is 11.8. The average Bonchev–Trinajstić information content (AvgIpc) is 2.61. The molecule has 0 aromatic heterocycles. The Hall–Kier alpha value is -2.18. The van der Waals surface area contributed by atoms with E-state index in [1.165, 1.54) is 24.8 Å². The Morgan fingerprint density at radius 2 is 1.80 bits per heavy atom. The molecule has 6 heteroatoms. The lowest BCUT2D eigenvalue weighted by Gasteiger charge is -2.16. The molecule has 0 radical (unpaired) electrons. The van der Waals surface area contributed by atoms with Crippen molar-refractivity contribution in [1.82, 2.24) is 4.72 Å². The lowest BCUT2D eigenvalue weighted by molar-refractivity contribution is 0.0599. The van der Waals surface area contributed by atoms with Gasteiger partial charge in [-0.15, -0.1) is 0 Å². The molecule has 5 nitrogen and oxygen atoms in total. The molecule has 2 aromatic rings. The van der Waals surface area contributed by atoms with Crippen LogP contribution in [0.25, 0.3) is 0 Å². The number of ether oxygens (including phenoxy) is 1. The van der Waals surface area contributed by atoms with Crippen LogP contribution in [0.1, 0.15) is 46.9 Å². The van der Waals surface area contributed by atoms with Crippen LogP contribution in [-0.2, 0) is 21.2 Å². The third-order valence-electron chi connectivity index (χ3n) is 4.14. The molecule has 25 heavy (non-hydrogen) atoms. The van der Waals surface area contributed by atoms with Gasteiger partial charge in [-0.05, 0) is 49.1 Å². The number of rotatable bonds is 6. The number of esters is 1. The second-order valence-corrected chi connectivity index (χ2v) is 7.62. The normalized spacial score (nSPS) is 12.6. The van der Waals surface area contributed by atoms with Crippen LogP contribution in [-0.4, -0.2) is 21.5 Å². The quantitative estimate of drug-likeness (QED) is 0.801. The van der Waals surface area contributed by atoms with Gasteiger partial charge in [0.25, 0.3) is 0 Å². The molecule has 0 aliphatic rings. The first-order valence-electron chi connectivity index (χ1n) is 8.08. The van der Waals surface area contributed by atoms with Crippen LogP contribution in [0.4, 0.5) is 0 Å². The first-order chi connectivity index (χ1) is 11.8. The van der Waals surface area contributed by atoms with Crippen molar-refractivity contribution in [3.63, 3.8) is 0 Å². The topological polar surface area (TPSA) is 72.5 Å². The summed E-state index contributed by atoms with van der Waals surface area (Å²) in [5.41, 5.74) is 2.97. The van der Waals surface area contributed by atoms with Gasteiger partial charge in [0, 0.05) is 6.04 Å². The Morgan fingerprint density at radius 3 is 2.36 bits per heavy atom. The molecular formula is C19H23NO4S. The molecule has 1 N–H and O–H groups in total. The molecule has 0 aliphatic carbocycles. The van der Waals surface area contributed by atoms with E-state index in [2.05, 4.69) is 11.6 Å². The van der Waals surface area contributed by atoms with Crippen LogP contribution in [0.2, 0.25) is 0 Å². The standard InChI is InChI=1S/C19H23NO4S/c1-5-15-7-9-16(10-8-15)14(3)20-25(22,23)17-11-6-13(2)18(12-17)19(21)24-4/h6-12,14,20H,5H2,1-4H3/t14-/m0/s1. The van der Waals surface area contributed by atoms with E-state index in [1.54, 1.807) is 19.9 Å². The minimum Gasteiger partial charge on any atom is -0.465 e. The van der Waals surface area contributed by atoms with Gasteiger partial charge < -0.3 is 4.74 Å². The molecular weight excluding hydrogens is 338 g/mol. The van der Waals surface area contributed by atoms with E-state index in [0.717, 1.165) is 12.0 Å². The summed E-state index contributed by atoms with van der Waals surface area (Å²) in [5, 5.41) is 0. The number of hydrogen-bond acceptors (Lipinski definition) is 4. The second-order valence-electron chi connectivity index (χ2n) is 5.91. The Bertz CT molecular complexity index is 857. The van der Waals surface area contributed by atoms with E-state index in [-0.39, 0.29) is 10.5 Å². The van der Waals surface area contributed by atoms with E-state index in [1.807, 2.05) is 24.3 Å². The molecule has 2 aromatic carbocycles. The van der Waals surface area contributed by atoms with Crippen molar-refractivity contribution in [2.24, 2.45) is 0 Å². The highest BCUT2D eigenvalue weighted by Gasteiger charge is 2.21. The lowest BCUT2D eigenvalue weighted by atomic mass is 10.1. The van der Waals surface area contributed by atoms with E-state index in [9.17, 15) is 13.2 Å². The molecule has 0 saturated heterocycles. The van der Waals surface area contributed by atoms with Crippen molar-refractivity contribution < 1.29 is 17.9 Å². The van der Waals surface area contributed by atoms with Crippen molar-refractivity contribution in [3.05, 3.63) is 64.7 Å². The largest absolute Gasteiger partial charge is 0.465 e. The number of carbonyl (C=O) groups is 1. The van der Waals surface area contributed by atoms with Crippen molar-refractivity contribution in [1.29, 1.82) is 0 Å². The lowest BCUT2D eigenvalue weighted by Crippen LogP contribution is -2.27. The highest BCUT2D eigenvalue weighted by Crippen LogP contribution is 2.20. The summed E-state index contributed by atoms with van der Waals surface area (Å²) < 4.78 is 32.7. The van der Waals surface area contributed by atoms with Crippen molar-refractivity contribution >= 4 is 16.0 Å². The van der Waals surface area contributed by atoms with E-state index >= 15 is 0 Å². The van der Waals surface area contributed by atoms with Gasteiger partial charge >= 0.3 is 5.97 Å². The second kappa shape index (κ2) is 7.80. The van der Waals surface area contributed by atoms with Gasteiger partial charge in [-0.1, -0.05) is 37.3 Å². The molecule has 0 unspecified atom stereocenters. The number of aryl methyl sites for hydroxylation is 2. The summed E-state index contributed by atoms with van der Waals surface area (Å²) in [6.45, 7) is 5.58. The van der Waals surface area contributed by atoms with Gasteiger partial charge in [0.1, 0.15) is 0 Å². The Morgan fingerprint density at radius 1 is 1.16 bits per heavy atom. The predicted octanol–water partition coefficient (Wildman–Crippen LogP) is 3.38. The van der Waals surface area contributed by atoms with Crippen LogP contribution in [0.15, 0.2) is 47.4 Å². The van der Waals surface area contributed by atoms with Gasteiger partial charge in [-0.2, -0.15) is 0 Å². The fourth-order valence-corrected chi connectivity index (χ4v) is 3.77. The van der Waals surface area contributed by atoms with Gasteiger partial charge in [0.15, 0.2) is 0 Å². The number of hydrogen-bond donors (Lipinski definition) is 1. The van der Waals surface area contributed by atoms with Crippen LogP contribution in [0.5, 0.6) is 0 Å². The number of benzene rings is 2. The fourth-order valence-electron chi connectivity index (χ4n) is 2.51. The maximum atomic E-state index is 12.7. The maximum Gasteiger partial charge on any atom is 0.338 e. The van der Waals surface area contributed by atoms with Crippen molar-refractivity contribution in [2.45, 2.75) is 38.1 Å². The van der Waals surface area contributed by atoms with E-state index in [0.29, 0.717) is 5.56 Å². The highest BCUT2D eigenvalue weighted by molar-refractivity contribution is 7.89. The molecule has 0 spiro atoms.